The lowest BCUT2D eigenvalue weighted by molar-refractivity contribution is 0.0699. The average molecular weight is 278 g/mol. The van der Waals surface area contributed by atoms with E-state index in [0.717, 1.165) is 12.1 Å². The van der Waals surface area contributed by atoms with Crippen LogP contribution in [-0.2, 0) is 0 Å². The number of pyridine rings is 1. The Balaban J connectivity index is 3.16. The van der Waals surface area contributed by atoms with Crippen molar-refractivity contribution in [3.63, 3.8) is 0 Å². The molecule has 112 valence electrons. The van der Waals surface area contributed by atoms with Crippen LogP contribution in [0.3, 0.4) is 0 Å². The van der Waals surface area contributed by atoms with Crippen LogP contribution in [0.15, 0.2) is 12.1 Å². The minimum absolute atomic E-state index is 0.0302. The number of nitrogens with zero attached hydrogens (tertiary/aromatic N) is 2. The number of carbonyl (C=O) groups excluding carboxylic acids is 1. The molecule has 1 amide bonds. The van der Waals surface area contributed by atoms with Crippen LogP contribution in [0.2, 0.25) is 0 Å². The number of anilines is 1. The molecule has 0 spiro atoms. The molecule has 1 aromatic heterocycles. The number of nitrogens with two attached hydrogens (primary N) is 1. The molecule has 1 aromatic rings. The van der Waals surface area contributed by atoms with Gasteiger partial charge in [0.25, 0.3) is 5.91 Å². The molecule has 0 aliphatic rings. The summed E-state index contributed by atoms with van der Waals surface area (Å²) in [5.74, 6) is 6.25. The molecule has 1 rings (SSSR count). The molecule has 1 atom stereocenters. The number of nitrogens with one attached hydrogen (secondary N) is 1. The van der Waals surface area contributed by atoms with Gasteiger partial charge in [0.15, 0.2) is 0 Å². The third kappa shape index (κ3) is 3.70. The molecule has 3 N–H and O–H groups in total. The summed E-state index contributed by atoms with van der Waals surface area (Å²) >= 11 is 0. The smallest absolute Gasteiger partial charge is 0.254 e. The van der Waals surface area contributed by atoms with Crippen LogP contribution >= 0.6 is 0 Å². The summed E-state index contributed by atoms with van der Waals surface area (Å²) in [6.07, 6.45) is 0.934. The van der Waals surface area contributed by atoms with Crippen molar-refractivity contribution in [3.8, 4) is 0 Å². The first kappa shape index (κ1) is 16.4. The molecule has 5 nitrogen and oxygen atoms in total. The van der Waals surface area contributed by atoms with E-state index >= 15 is 0 Å². The van der Waals surface area contributed by atoms with Crippen LogP contribution in [0.4, 0.5) is 5.82 Å². The van der Waals surface area contributed by atoms with Crippen LogP contribution in [0.25, 0.3) is 0 Å². The summed E-state index contributed by atoms with van der Waals surface area (Å²) in [6.45, 7) is 10.9. The largest absolute Gasteiger partial charge is 0.336 e. The van der Waals surface area contributed by atoms with Crippen molar-refractivity contribution in [1.82, 2.24) is 9.88 Å². The van der Waals surface area contributed by atoms with E-state index in [1.807, 2.05) is 31.7 Å². The Kier molecular flexibility index (Phi) is 5.95. The number of hydrazine groups is 1. The summed E-state index contributed by atoms with van der Waals surface area (Å²) in [6, 6.07) is 3.79. The fourth-order valence-corrected chi connectivity index (χ4v) is 2.09. The van der Waals surface area contributed by atoms with Gasteiger partial charge in [0.1, 0.15) is 5.82 Å². The molecule has 0 bridgehead atoms. The lowest BCUT2D eigenvalue weighted by atomic mass is 10.1. The van der Waals surface area contributed by atoms with Crippen LogP contribution in [0.1, 0.15) is 63.0 Å². The molecule has 5 heteroatoms. The molecule has 0 aliphatic heterocycles. The van der Waals surface area contributed by atoms with Crippen molar-refractivity contribution in [2.45, 2.75) is 53.0 Å². The van der Waals surface area contributed by atoms with E-state index in [9.17, 15) is 4.79 Å². The van der Waals surface area contributed by atoms with Gasteiger partial charge < -0.3 is 10.3 Å². The number of rotatable bonds is 6. The van der Waals surface area contributed by atoms with Crippen molar-refractivity contribution in [2.75, 3.05) is 12.0 Å². The minimum Gasteiger partial charge on any atom is -0.336 e. The molecular weight excluding hydrogens is 252 g/mol. The first-order chi connectivity index (χ1) is 9.44. The quantitative estimate of drug-likeness (QED) is 0.620. The fraction of sp³-hybridized carbons (Fsp3) is 0.600. The van der Waals surface area contributed by atoms with Gasteiger partial charge >= 0.3 is 0 Å². The predicted molar refractivity (Wildman–Crippen MR) is 82.6 cm³/mol. The van der Waals surface area contributed by atoms with Gasteiger partial charge in [-0.3, -0.25) is 4.79 Å². The number of aromatic nitrogens is 1. The topological polar surface area (TPSA) is 71.2 Å². The van der Waals surface area contributed by atoms with Crippen molar-refractivity contribution in [1.29, 1.82) is 0 Å². The molecule has 0 aromatic carbocycles. The van der Waals surface area contributed by atoms with E-state index in [0.29, 0.717) is 17.9 Å². The van der Waals surface area contributed by atoms with E-state index in [2.05, 4.69) is 24.3 Å². The van der Waals surface area contributed by atoms with E-state index in [1.165, 1.54) is 0 Å². The predicted octanol–water partition coefficient (Wildman–Crippen LogP) is 2.75. The highest BCUT2D eigenvalue weighted by Gasteiger charge is 2.20. The second-order valence-electron chi connectivity index (χ2n) is 5.31. The average Bonchev–Trinajstić information content (AvgIpc) is 2.46. The lowest BCUT2D eigenvalue weighted by Gasteiger charge is -2.27. The number of hydrogen-bond acceptors (Lipinski definition) is 4. The summed E-state index contributed by atoms with van der Waals surface area (Å²) < 4.78 is 0. The standard InChI is InChI=1S/C15H26N4O/c1-6-11(5)19(7-2)15(20)12-8-13(10(3)4)17-14(9-12)18-16/h8-11H,6-7,16H2,1-5H3,(H,17,18). The third-order valence-electron chi connectivity index (χ3n) is 3.56. The molecule has 1 heterocycles. The Morgan fingerprint density at radius 2 is 2.00 bits per heavy atom. The van der Waals surface area contributed by atoms with Crippen LogP contribution in [0, 0.1) is 0 Å². The monoisotopic (exact) mass is 278 g/mol. The molecule has 0 fully saturated rings. The van der Waals surface area contributed by atoms with Gasteiger partial charge in [0.05, 0.1) is 0 Å². The zero-order valence-corrected chi connectivity index (χ0v) is 13.1. The fourth-order valence-electron chi connectivity index (χ4n) is 2.09. The maximum atomic E-state index is 12.6. The first-order valence-electron chi connectivity index (χ1n) is 7.24. The van der Waals surface area contributed by atoms with Crippen molar-refractivity contribution in [2.24, 2.45) is 5.84 Å². The Hall–Kier alpha value is -1.62. The highest BCUT2D eigenvalue weighted by Crippen LogP contribution is 2.19. The highest BCUT2D eigenvalue weighted by molar-refractivity contribution is 5.95. The summed E-state index contributed by atoms with van der Waals surface area (Å²) in [7, 11) is 0. The number of hydrogen-bond donors (Lipinski definition) is 2. The van der Waals surface area contributed by atoms with Crippen molar-refractivity contribution in [3.05, 3.63) is 23.4 Å². The highest BCUT2D eigenvalue weighted by atomic mass is 16.2. The Morgan fingerprint density at radius 1 is 1.35 bits per heavy atom. The van der Waals surface area contributed by atoms with Gasteiger partial charge in [-0.05, 0) is 38.3 Å². The normalized spacial score (nSPS) is 12.3. The summed E-state index contributed by atoms with van der Waals surface area (Å²) in [5.41, 5.74) is 4.04. The molecule has 0 aliphatic carbocycles. The lowest BCUT2D eigenvalue weighted by Crippen LogP contribution is -2.38. The van der Waals surface area contributed by atoms with Crippen LogP contribution in [-0.4, -0.2) is 28.4 Å². The first-order valence-corrected chi connectivity index (χ1v) is 7.24. The molecule has 1 unspecified atom stereocenters. The number of nitrogen functional groups attached to an aromatic ring is 1. The van der Waals surface area contributed by atoms with E-state index in [4.69, 9.17) is 5.84 Å². The van der Waals surface area contributed by atoms with Crippen molar-refractivity contribution >= 4 is 11.7 Å². The van der Waals surface area contributed by atoms with Crippen LogP contribution < -0.4 is 11.3 Å². The Bertz CT molecular complexity index is 459. The Morgan fingerprint density at radius 3 is 2.45 bits per heavy atom. The second kappa shape index (κ2) is 7.24. The zero-order valence-electron chi connectivity index (χ0n) is 13.1. The molecule has 0 radical (unpaired) electrons. The minimum atomic E-state index is 0.0302. The van der Waals surface area contributed by atoms with Crippen molar-refractivity contribution < 1.29 is 4.79 Å². The van der Waals surface area contributed by atoms with Gasteiger partial charge in [0.2, 0.25) is 0 Å². The van der Waals surface area contributed by atoms with Gasteiger partial charge in [0, 0.05) is 23.8 Å². The van der Waals surface area contributed by atoms with E-state index < -0.39 is 0 Å². The van der Waals surface area contributed by atoms with E-state index in [1.54, 1.807) is 6.07 Å². The van der Waals surface area contributed by atoms with Gasteiger partial charge in [-0.2, -0.15) is 0 Å². The SMILES string of the molecule is CCC(C)N(CC)C(=O)c1cc(NN)nc(C(C)C)c1. The maximum Gasteiger partial charge on any atom is 0.254 e. The summed E-state index contributed by atoms with van der Waals surface area (Å²) in [4.78, 5) is 18.9. The Labute approximate surface area is 121 Å². The maximum absolute atomic E-state index is 12.6. The van der Waals surface area contributed by atoms with Gasteiger partial charge in [-0.25, -0.2) is 10.8 Å². The zero-order chi connectivity index (χ0) is 15.3. The van der Waals surface area contributed by atoms with Gasteiger partial charge in [-0.1, -0.05) is 20.8 Å². The molecule has 0 saturated heterocycles. The second-order valence-corrected chi connectivity index (χ2v) is 5.31. The molecule has 0 saturated carbocycles. The van der Waals surface area contributed by atoms with Crippen LogP contribution in [0.5, 0.6) is 0 Å². The summed E-state index contributed by atoms with van der Waals surface area (Å²) in [5, 5.41) is 0. The molecular formula is C15H26N4O. The van der Waals surface area contributed by atoms with Gasteiger partial charge in [-0.15, -0.1) is 0 Å². The number of amides is 1. The number of carbonyl (C=O) groups is 1. The third-order valence-corrected chi connectivity index (χ3v) is 3.56. The molecule has 20 heavy (non-hydrogen) atoms. The van der Waals surface area contributed by atoms with E-state index in [-0.39, 0.29) is 17.9 Å².